The van der Waals surface area contributed by atoms with E-state index in [4.69, 9.17) is 4.74 Å². The number of nitrogens with zero attached hydrogens (tertiary/aromatic N) is 5. The summed E-state index contributed by atoms with van der Waals surface area (Å²) in [5.74, 6) is -0.614. The Labute approximate surface area is 173 Å². The van der Waals surface area contributed by atoms with Crippen LogP contribution in [0.3, 0.4) is 0 Å². The highest BCUT2D eigenvalue weighted by Gasteiger charge is 2.31. The van der Waals surface area contributed by atoms with Crippen LogP contribution in [0, 0.1) is 0 Å². The Morgan fingerprint density at radius 1 is 1.06 bits per heavy atom. The van der Waals surface area contributed by atoms with Gasteiger partial charge in [0, 0.05) is 0 Å². The number of rotatable bonds is 7. The molecule has 0 aliphatic carbocycles. The van der Waals surface area contributed by atoms with Crippen molar-refractivity contribution in [3.63, 3.8) is 0 Å². The molecule has 0 atom stereocenters. The van der Waals surface area contributed by atoms with Gasteiger partial charge in [0.25, 0.3) is 5.91 Å². The molecule has 2 aromatic carbocycles. The van der Waals surface area contributed by atoms with Crippen LogP contribution in [-0.2, 0) is 11.5 Å². The average molecular weight is 432 g/mol. The van der Waals surface area contributed by atoms with Gasteiger partial charge in [-0.15, -0.1) is 18.3 Å². The molecule has 12 heteroatoms. The van der Waals surface area contributed by atoms with E-state index >= 15 is 0 Å². The van der Waals surface area contributed by atoms with Crippen molar-refractivity contribution in [3.05, 3.63) is 60.9 Å². The van der Waals surface area contributed by atoms with Gasteiger partial charge in [0.15, 0.2) is 6.61 Å². The molecule has 9 nitrogen and oxygen atoms in total. The minimum Gasteiger partial charge on any atom is -0.484 e. The standard InChI is InChI=1S/C19H15F3N6O3/c20-19(21,22)31-15-7-5-14(6-8-15)30-11-18(29)24-13-9-23-27(10-13)12-28-17-4-2-1-3-16(17)25-26-28/h1-10H,11-12H2,(H,24,29). The predicted molar refractivity (Wildman–Crippen MR) is 102 cm³/mol. The fraction of sp³-hybridized carbons (Fsp3) is 0.158. The minimum absolute atomic E-state index is 0.221. The summed E-state index contributed by atoms with van der Waals surface area (Å²) in [6.45, 7) is -0.0302. The first-order chi connectivity index (χ1) is 14.9. The first-order valence-electron chi connectivity index (χ1n) is 8.95. The third-order valence-corrected chi connectivity index (χ3v) is 4.04. The van der Waals surface area contributed by atoms with Gasteiger partial charge in [-0.1, -0.05) is 17.3 Å². The minimum atomic E-state index is -4.77. The number of alkyl halides is 3. The number of aromatic nitrogens is 5. The van der Waals surface area contributed by atoms with E-state index < -0.39 is 12.3 Å². The number of fused-ring (bicyclic) bond motifs is 1. The molecule has 0 aliphatic rings. The number of halogens is 3. The molecule has 4 rings (SSSR count). The zero-order chi connectivity index (χ0) is 21.8. The molecule has 31 heavy (non-hydrogen) atoms. The summed E-state index contributed by atoms with van der Waals surface area (Å²) in [7, 11) is 0. The van der Waals surface area contributed by atoms with Crippen LogP contribution >= 0.6 is 0 Å². The lowest BCUT2D eigenvalue weighted by atomic mass is 10.3. The number of carbonyl (C=O) groups excluding carboxylic acids is 1. The molecular weight excluding hydrogens is 417 g/mol. The molecule has 2 aromatic heterocycles. The summed E-state index contributed by atoms with van der Waals surface area (Å²) >= 11 is 0. The number of anilines is 1. The fourth-order valence-corrected chi connectivity index (χ4v) is 2.75. The number of hydrogen-bond acceptors (Lipinski definition) is 6. The molecule has 0 spiro atoms. The summed E-state index contributed by atoms with van der Waals surface area (Å²) in [6, 6.07) is 12.2. The van der Waals surface area contributed by atoms with Crippen molar-refractivity contribution in [1.29, 1.82) is 0 Å². The molecule has 0 bridgehead atoms. The Morgan fingerprint density at radius 3 is 2.58 bits per heavy atom. The number of nitrogens with one attached hydrogen (secondary N) is 1. The molecule has 160 valence electrons. The quantitative estimate of drug-likeness (QED) is 0.482. The van der Waals surface area contributed by atoms with Crippen molar-refractivity contribution in [3.8, 4) is 11.5 Å². The first-order valence-corrected chi connectivity index (χ1v) is 8.95. The van der Waals surface area contributed by atoms with Gasteiger partial charge in [0.1, 0.15) is 23.7 Å². The second-order valence-electron chi connectivity index (χ2n) is 6.34. The Bertz CT molecular complexity index is 1190. The van der Waals surface area contributed by atoms with Gasteiger partial charge in [-0.3, -0.25) is 4.79 Å². The summed E-state index contributed by atoms with van der Waals surface area (Å²) in [4.78, 5) is 12.1. The van der Waals surface area contributed by atoms with Crippen molar-refractivity contribution in [2.24, 2.45) is 0 Å². The van der Waals surface area contributed by atoms with E-state index in [1.54, 1.807) is 15.6 Å². The average Bonchev–Trinajstić information content (AvgIpc) is 3.34. The van der Waals surface area contributed by atoms with Crippen molar-refractivity contribution in [2.75, 3.05) is 11.9 Å². The molecule has 0 saturated heterocycles. The second-order valence-corrected chi connectivity index (χ2v) is 6.34. The number of ether oxygens (including phenoxy) is 2. The number of para-hydroxylation sites is 1. The Kier molecular flexibility index (Phi) is 5.43. The molecule has 4 aromatic rings. The number of benzene rings is 2. The van der Waals surface area contributed by atoms with Gasteiger partial charge < -0.3 is 14.8 Å². The first kappa shape index (κ1) is 20.2. The van der Waals surface area contributed by atoms with Crippen LogP contribution in [0.15, 0.2) is 60.9 Å². The van der Waals surface area contributed by atoms with Gasteiger partial charge >= 0.3 is 6.36 Å². The SMILES string of the molecule is O=C(COc1ccc(OC(F)(F)F)cc1)Nc1cnn(Cn2nnc3ccccc32)c1. The van der Waals surface area contributed by atoms with Crippen molar-refractivity contribution < 1.29 is 27.4 Å². The Morgan fingerprint density at radius 2 is 1.81 bits per heavy atom. The van der Waals surface area contributed by atoms with E-state index in [9.17, 15) is 18.0 Å². The van der Waals surface area contributed by atoms with Crippen molar-refractivity contribution >= 4 is 22.6 Å². The molecule has 0 radical (unpaired) electrons. The van der Waals surface area contributed by atoms with Crippen LogP contribution in [-0.4, -0.2) is 43.7 Å². The van der Waals surface area contributed by atoms with Crippen LogP contribution in [0.1, 0.15) is 0 Å². The molecule has 1 amide bonds. The maximum atomic E-state index is 12.2. The maximum Gasteiger partial charge on any atom is 0.573 e. The summed E-state index contributed by atoms with van der Waals surface area (Å²) in [6.07, 6.45) is -1.67. The van der Waals surface area contributed by atoms with Crippen LogP contribution in [0.25, 0.3) is 11.0 Å². The lowest BCUT2D eigenvalue weighted by Gasteiger charge is -2.10. The predicted octanol–water partition coefficient (Wildman–Crippen LogP) is 3.05. The van der Waals surface area contributed by atoms with Crippen LogP contribution < -0.4 is 14.8 Å². The van der Waals surface area contributed by atoms with E-state index in [-0.39, 0.29) is 18.1 Å². The molecule has 0 fully saturated rings. The third kappa shape index (κ3) is 5.29. The normalized spacial score (nSPS) is 11.5. The van der Waals surface area contributed by atoms with Gasteiger partial charge in [-0.2, -0.15) is 5.10 Å². The fourth-order valence-electron chi connectivity index (χ4n) is 2.75. The number of carbonyl (C=O) groups is 1. The smallest absolute Gasteiger partial charge is 0.484 e. The summed E-state index contributed by atoms with van der Waals surface area (Å²) in [5.41, 5.74) is 2.06. The zero-order valence-electron chi connectivity index (χ0n) is 15.8. The van der Waals surface area contributed by atoms with Crippen molar-refractivity contribution in [1.82, 2.24) is 24.8 Å². The summed E-state index contributed by atoms with van der Waals surface area (Å²) in [5, 5.41) is 14.9. The van der Waals surface area contributed by atoms with Crippen LogP contribution in [0.2, 0.25) is 0 Å². The van der Waals surface area contributed by atoms with Crippen LogP contribution in [0.4, 0.5) is 18.9 Å². The molecule has 1 N–H and O–H groups in total. The van der Waals surface area contributed by atoms with E-state index in [0.717, 1.165) is 23.2 Å². The molecule has 2 heterocycles. The second kappa shape index (κ2) is 8.34. The van der Waals surface area contributed by atoms with Crippen LogP contribution in [0.5, 0.6) is 11.5 Å². The van der Waals surface area contributed by atoms with E-state index in [0.29, 0.717) is 12.4 Å². The molecular formula is C19H15F3N6O3. The maximum absolute atomic E-state index is 12.2. The van der Waals surface area contributed by atoms with E-state index in [1.807, 2.05) is 24.3 Å². The summed E-state index contributed by atoms with van der Waals surface area (Å²) < 4.78 is 48.8. The van der Waals surface area contributed by atoms with Gasteiger partial charge in [0.05, 0.1) is 23.6 Å². The highest BCUT2D eigenvalue weighted by molar-refractivity contribution is 5.91. The topological polar surface area (TPSA) is 96.1 Å². The largest absolute Gasteiger partial charge is 0.573 e. The molecule has 0 aliphatic heterocycles. The van der Waals surface area contributed by atoms with Gasteiger partial charge in [0.2, 0.25) is 0 Å². The van der Waals surface area contributed by atoms with E-state index in [2.05, 4.69) is 25.5 Å². The Balaban J connectivity index is 1.29. The lowest BCUT2D eigenvalue weighted by molar-refractivity contribution is -0.274. The highest BCUT2D eigenvalue weighted by Crippen LogP contribution is 2.24. The lowest BCUT2D eigenvalue weighted by Crippen LogP contribution is -2.20. The van der Waals surface area contributed by atoms with E-state index in [1.165, 1.54) is 18.3 Å². The Hall–Kier alpha value is -4.09. The monoisotopic (exact) mass is 432 g/mol. The third-order valence-electron chi connectivity index (χ3n) is 4.04. The van der Waals surface area contributed by atoms with Crippen molar-refractivity contribution in [2.45, 2.75) is 13.0 Å². The highest BCUT2D eigenvalue weighted by atomic mass is 19.4. The molecule has 0 saturated carbocycles. The van der Waals surface area contributed by atoms with Gasteiger partial charge in [-0.05, 0) is 36.4 Å². The number of amides is 1. The zero-order valence-corrected chi connectivity index (χ0v) is 15.8. The molecule has 0 unspecified atom stereocenters. The number of hydrogen-bond donors (Lipinski definition) is 1. The van der Waals surface area contributed by atoms with Gasteiger partial charge in [-0.25, -0.2) is 9.36 Å².